The molecule has 0 saturated heterocycles. The number of rotatable bonds is 4. The molecule has 1 heterocycles. The van der Waals surface area contributed by atoms with E-state index in [4.69, 9.17) is 5.11 Å². The lowest BCUT2D eigenvalue weighted by Gasteiger charge is -2.12. The number of carboxylic acids is 1. The third-order valence-corrected chi connectivity index (χ3v) is 2.84. The predicted molar refractivity (Wildman–Crippen MR) is 63.8 cm³/mol. The zero-order valence-corrected chi connectivity index (χ0v) is 9.86. The first-order chi connectivity index (χ1) is 8.39. The first kappa shape index (κ1) is 12.5. The van der Waals surface area contributed by atoms with Crippen LogP contribution in [-0.2, 0) is 18.3 Å². The van der Waals surface area contributed by atoms with Crippen molar-refractivity contribution in [2.24, 2.45) is 7.05 Å². The molecule has 2 rings (SSSR count). The molecule has 3 nitrogen and oxygen atoms in total. The molecule has 0 atom stereocenters. The molecule has 0 aliphatic carbocycles. The molecule has 0 unspecified atom stereocenters. The van der Waals surface area contributed by atoms with Crippen molar-refractivity contribution in [1.82, 2.24) is 4.57 Å². The van der Waals surface area contributed by atoms with Gasteiger partial charge in [-0.1, -0.05) is 18.2 Å². The largest absolute Gasteiger partial charge is 0.481 e. The molecule has 96 valence electrons. The van der Waals surface area contributed by atoms with Crippen LogP contribution in [-0.4, -0.2) is 21.6 Å². The Bertz CT molecular complexity index is 590. The fourth-order valence-electron chi connectivity index (χ4n) is 2.13. The lowest BCUT2D eigenvalue weighted by molar-refractivity contribution is -0.144. The van der Waals surface area contributed by atoms with Crippen LogP contribution in [0.1, 0.15) is 12.0 Å². The molecule has 5 heteroatoms. The average Bonchev–Trinajstić information content (AvgIpc) is 2.54. The van der Waals surface area contributed by atoms with Crippen LogP contribution < -0.4 is 0 Å². The van der Waals surface area contributed by atoms with E-state index in [2.05, 4.69) is 0 Å². The van der Waals surface area contributed by atoms with Crippen molar-refractivity contribution >= 4 is 16.9 Å². The van der Waals surface area contributed by atoms with Crippen LogP contribution >= 0.6 is 0 Å². The molecule has 0 amide bonds. The summed E-state index contributed by atoms with van der Waals surface area (Å²) in [6.07, 6.45) is -0.0721. The Hall–Kier alpha value is -1.91. The number of carbonyl (C=O) groups is 1. The summed E-state index contributed by atoms with van der Waals surface area (Å²) in [5.74, 6) is -4.71. The minimum Gasteiger partial charge on any atom is -0.481 e. The summed E-state index contributed by atoms with van der Waals surface area (Å²) in [4.78, 5) is 10.4. The number of para-hydroxylation sites is 1. The van der Waals surface area contributed by atoms with Crippen molar-refractivity contribution in [2.45, 2.75) is 18.8 Å². The van der Waals surface area contributed by atoms with Crippen LogP contribution in [0.5, 0.6) is 0 Å². The molecular weight excluding hydrogens is 240 g/mol. The van der Waals surface area contributed by atoms with Gasteiger partial charge in [-0.25, -0.2) is 8.78 Å². The van der Waals surface area contributed by atoms with Gasteiger partial charge < -0.3 is 9.67 Å². The minimum atomic E-state index is -3.23. The quantitative estimate of drug-likeness (QED) is 0.910. The van der Waals surface area contributed by atoms with Gasteiger partial charge in [0.25, 0.3) is 5.92 Å². The fourth-order valence-corrected chi connectivity index (χ4v) is 2.13. The molecule has 1 N–H and O–H groups in total. The lowest BCUT2D eigenvalue weighted by Crippen LogP contribution is -2.23. The molecule has 1 aromatic heterocycles. The van der Waals surface area contributed by atoms with Crippen LogP contribution in [0.3, 0.4) is 0 Å². The van der Waals surface area contributed by atoms with E-state index in [1.807, 2.05) is 12.1 Å². The first-order valence-electron chi connectivity index (χ1n) is 5.51. The van der Waals surface area contributed by atoms with Gasteiger partial charge in [0.1, 0.15) is 6.42 Å². The van der Waals surface area contributed by atoms with E-state index in [0.29, 0.717) is 5.56 Å². The average molecular weight is 253 g/mol. The van der Waals surface area contributed by atoms with E-state index in [-0.39, 0.29) is 0 Å². The summed E-state index contributed by atoms with van der Waals surface area (Å²) >= 11 is 0. The third kappa shape index (κ3) is 2.50. The molecule has 0 aliphatic heterocycles. The number of halogens is 2. The third-order valence-electron chi connectivity index (χ3n) is 2.84. The molecule has 2 aromatic rings. The van der Waals surface area contributed by atoms with Crippen molar-refractivity contribution in [3.8, 4) is 0 Å². The Morgan fingerprint density at radius 1 is 1.39 bits per heavy atom. The van der Waals surface area contributed by atoms with E-state index in [1.165, 1.54) is 0 Å². The van der Waals surface area contributed by atoms with E-state index in [0.717, 1.165) is 10.9 Å². The Balaban J connectivity index is 2.35. The number of hydrogen-bond donors (Lipinski definition) is 1. The molecule has 18 heavy (non-hydrogen) atoms. The van der Waals surface area contributed by atoms with Gasteiger partial charge in [0.15, 0.2) is 0 Å². The maximum absolute atomic E-state index is 13.5. The van der Waals surface area contributed by atoms with Gasteiger partial charge in [-0.15, -0.1) is 0 Å². The first-order valence-corrected chi connectivity index (χ1v) is 5.51. The second-order valence-electron chi connectivity index (χ2n) is 4.39. The standard InChI is InChI=1S/C13H13F2NO2/c1-16-8-9(6-13(14,15)7-12(17)18)10-4-2-3-5-11(10)16/h2-5,8H,6-7H2,1H3,(H,17,18). The highest BCUT2D eigenvalue weighted by Crippen LogP contribution is 2.29. The number of aryl methyl sites for hydroxylation is 1. The summed E-state index contributed by atoms with van der Waals surface area (Å²) in [7, 11) is 1.78. The highest BCUT2D eigenvalue weighted by Gasteiger charge is 2.33. The zero-order chi connectivity index (χ0) is 13.3. The molecule has 0 bridgehead atoms. The monoisotopic (exact) mass is 253 g/mol. The van der Waals surface area contributed by atoms with Crippen molar-refractivity contribution < 1.29 is 18.7 Å². The van der Waals surface area contributed by atoms with E-state index >= 15 is 0 Å². The lowest BCUT2D eigenvalue weighted by atomic mass is 10.0. The molecular formula is C13H13F2NO2. The number of carboxylic acid groups (broad SMARTS) is 1. The van der Waals surface area contributed by atoms with Crippen LogP contribution in [0.2, 0.25) is 0 Å². The summed E-state index contributed by atoms with van der Waals surface area (Å²) < 4.78 is 28.8. The predicted octanol–water partition coefficient (Wildman–Crippen LogP) is 2.83. The van der Waals surface area contributed by atoms with Crippen molar-refractivity contribution in [3.63, 3.8) is 0 Å². The van der Waals surface area contributed by atoms with Crippen LogP contribution in [0, 0.1) is 0 Å². The number of nitrogens with zero attached hydrogens (tertiary/aromatic N) is 1. The number of alkyl halides is 2. The molecule has 0 spiro atoms. The Kier molecular flexibility index (Phi) is 3.07. The van der Waals surface area contributed by atoms with Crippen molar-refractivity contribution in [1.29, 1.82) is 0 Å². The van der Waals surface area contributed by atoms with Gasteiger partial charge >= 0.3 is 5.97 Å². The molecule has 0 aliphatic rings. The minimum absolute atomic E-state index is 0.472. The van der Waals surface area contributed by atoms with Crippen LogP contribution in [0.4, 0.5) is 8.78 Å². The maximum atomic E-state index is 13.5. The SMILES string of the molecule is Cn1cc(CC(F)(F)CC(=O)O)c2ccccc21. The highest BCUT2D eigenvalue weighted by molar-refractivity contribution is 5.84. The Labute approximate surface area is 103 Å². The number of aromatic nitrogens is 1. The summed E-state index contributed by atoms with van der Waals surface area (Å²) in [5.41, 5.74) is 1.33. The molecule has 0 radical (unpaired) electrons. The fraction of sp³-hybridized carbons (Fsp3) is 0.308. The zero-order valence-electron chi connectivity index (χ0n) is 9.86. The van der Waals surface area contributed by atoms with Gasteiger partial charge in [-0.2, -0.15) is 0 Å². The Morgan fingerprint density at radius 2 is 2.06 bits per heavy atom. The normalized spacial score (nSPS) is 11.9. The smallest absolute Gasteiger partial charge is 0.309 e. The second kappa shape index (κ2) is 4.40. The van der Waals surface area contributed by atoms with E-state index < -0.39 is 24.7 Å². The molecule has 0 fully saturated rings. The van der Waals surface area contributed by atoms with E-state index in [1.54, 1.807) is 29.9 Å². The Morgan fingerprint density at radius 3 is 2.72 bits per heavy atom. The molecule has 1 aromatic carbocycles. The number of fused-ring (bicyclic) bond motifs is 1. The second-order valence-corrected chi connectivity index (χ2v) is 4.39. The van der Waals surface area contributed by atoms with Gasteiger partial charge in [-0.3, -0.25) is 4.79 Å². The number of aliphatic carboxylic acids is 1. The van der Waals surface area contributed by atoms with Crippen molar-refractivity contribution in [2.75, 3.05) is 0 Å². The summed E-state index contributed by atoms with van der Waals surface area (Å²) in [5, 5.41) is 9.20. The van der Waals surface area contributed by atoms with Gasteiger partial charge in [0.05, 0.1) is 0 Å². The number of hydrogen-bond acceptors (Lipinski definition) is 1. The van der Waals surface area contributed by atoms with E-state index in [9.17, 15) is 13.6 Å². The number of benzene rings is 1. The molecule has 0 saturated carbocycles. The summed E-state index contributed by atoms with van der Waals surface area (Å²) in [6, 6.07) is 7.22. The van der Waals surface area contributed by atoms with Gasteiger partial charge in [0, 0.05) is 30.6 Å². The summed E-state index contributed by atoms with van der Waals surface area (Å²) in [6.45, 7) is 0. The van der Waals surface area contributed by atoms with Crippen LogP contribution in [0.15, 0.2) is 30.5 Å². The topological polar surface area (TPSA) is 42.2 Å². The highest BCUT2D eigenvalue weighted by atomic mass is 19.3. The maximum Gasteiger partial charge on any atom is 0.309 e. The van der Waals surface area contributed by atoms with Crippen LogP contribution in [0.25, 0.3) is 10.9 Å². The van der Waals surface area contributed by atoms with Gasteiger partial charge in [-0.05, 0) is 11.6 Å². The van der Waals surface area contributed by atoms with Gasteiger partial charge in [0.2, 0.25) is 0 Å². The van der Waals surface area contributed by atoms with Crippen molar-refractivity contribution in [3.05, 3.63) is 36.0 Å².